The van der Waals surface area contributed by atoms with Crippen LogP contribution in [0.25, 0.3) is 10.6 Å². The Balaban J connectivity index is 1.68. The zero-order valence-electron chi connectivity index (χ0n) is 13.0. The first-order valence-electron chi connectivity index (χ1n) is 7.05. The van der Waals surface area contributed by atoms with Gasteiger partial charge in [-0.25, -0.2) is 4.98 Å². The van der Waals surface area contributed by atoms with Gasteiger partial charge in [-0.15, -0.1) is 21.5 Å². The molecule has 9 heteroatoms. The largest absolute Gasteiger partial charge is 0.289 e. The minimum Gasteiger partial charge on any atom is -0.288 e. The zero-order chi connectivity index (χ0) is 17.1. The Morgan fingerprint density at radius 1 is 1.17 bits per heavy atom. The third kappa shape index (κ3) is 3.46. The van der Waals surface area contributed by atoms with Crippen molar-refractivity contribution in [3.63, 3.8) is 0 Å². The lowest BCUT2D eigenvalue weighted by Gasteiger charge is -2.05. The number of H-pyrrole nitrogens is 1. The van der Waals surface area contributed by atoms with Gasteiger partial charge in [-0.2, -0.15) is 0 Å². The predicted molar refractivity (Wildman–Crippen MR) is 90.8 cm³/mol. The number of hydrazine groups is 1. The van der Waals surface area contributed by atoms with Crippen LogP contribution >= 0.6 is 11.3 Å². The van der Waals surface area contributed by atoms with Gasteiger partial charge in [0.2, 0.25) is 5.95 Å². The van der Waals surface area contributed by atoms with Crippen LogP contribution in [0.4, 0.5) is 5.95 Å². The molecule has 0 spiro atoms. The Labute approximate surface area is 141 Å². The van der Waals surface area contributed by atoms with Crippen molar-refractivity contribution >= 4 is 23.2 Å². The summed E-state index contributed by atoms with van der Waals surface area (Å²) in [6.45, 7) is 3.55. The number of aryl methyl sites for hydroxylation is 2. The highest BCUT2D eigenvalue weighted by molar-refractivity contribution is 7.13. The van der Waals surface area contributed by atoms with Crippen molar-refractivity contribution in [2.24, 2.45) is 0 Å². The SMILES string of the molecule is Cc1ccc(-c2nc(C(=O)NNc3nnc(C)c(=O)[nH]3)cs2)cc1. The van der Waals surface area contributed by atoms with Crippen LogP contribution in [-0.2, 0) is 0 Å². The molecule has 1 aromatic carbocycles. The smallest absolute Gasteiger partial charge is 0.288 e. The highest BCUT2D eigenvalue weighted by Gasteiger charge is 2.12. The average Bonchev–Trinajstić information content (AvgIpc) is 3.06. The second-order valence-corrected chi connectivity index (χ2v) is 5.93. The minimum absolute atomic E-state index is 0.0490. The van der Waals surface area contributed by atoms with E-state index in [0.717, 1.165) is 16.1 Å². The molecule has 3 N–H and O–H groups in total. The Morgan fingerprint density at radius 3 is 2.62 bits per heavy atom. The van der Waals surface area contributed by atoms with Gasteiger partial charge >= 0.3 is 0 Å². The molecule has 0 saturated heterocycles. The number of aromatic nitrogens is 4. The van der Waals surface area contributed by atoms with E-state index in [1.165, 1.54) is 18.3 Å². The van der Waals surface area contributed by atoms with E-state index < -0.39 is 5.91 Å². The van der Waals surface area contributed by atoms with Crippen molar-refractivity contribution < 1.29 is 4.79 Å². The molecule has 0 aliphatic carbocycles. The fourth-order valence-electron chi connectivity index (χ4n) is 1.84. The van der Waals surface area contributed by atoms with E-state index in [-0.39, 0.29) is 22.9 Å². The lowest BCUT2D eigenvalue weighted by Crippen LogP contribution is -2.32. The van der Waals surface area contributed by atoms with Crippen molar-refractivity contribution in [1.29, 1.82) is 0 Å². The van der Waals surface area contributed by atoms with Crippen LogP contribution in [0.15, 0.2) is 34.4 Å². The van der Waals surface area contributed by atoms with Crippen molar-refractivity contribution in [3.05, 3.63) is 57.0 Å². The lowest BCUT2D eigenvalue weighted by atomic mass is 10.2. The van der Waals surface area contributed by atoms with Crippen LogP contribution in [0, 0.1) is 13.8 Å². The van der Waals surface area contributed by atoms with Gasteiger partial charge < -0.3 is 0 Å². The molecule has 24 heavy (non-hydrogen) atoms. The zero-order valence-corrected chi connectivity index (χ0v) is 13.8. The number of rotatable bonds is 4. The number of benzene rings is 1. The quantitative estimate of drug-likeness (QED) is 0.622. The fourth-order valence-corrected chi connectivity index (χ4v) is 2.64. The number of hydrogen-bond donors (Lipinski definition) is 3. The first kappa shape index (κ1) is 15.8. The van der Waals surface area contributed by atoms with Gasteiger partial charge in [0.1, 0.15) is 16.4 Å². The number of nitrogens with zero attached hydrogens (tertiary/aromatic N) is 3. The first-order valence-corrected chi connectivity index (χ1v) is 7.93. The van der Waals surface area contributed by atoms with E-state index in [1.54, 1.807) is 5.38 Å². The predicted octanol–water partition coefficient (Wildman–Crippen LogP) is 1.66. The molecular formula is C15H14N6O2S. The first-order chi connectivity index (χ1) is 11.5. The Bertz CT molecular complexity index is 932. The van der Waals surface area contributed by atoms with E-state index >= 15 is 0 Å². The molecule has 3 aromatic rings. The molecule has 122 valence electrons. The molecule has 0 unspecified atom stereocenters. The maximum atomic E-state index is 12.1. The van der Waals surface area contributed by atoms with Crippen LogP contribution in [0.5, 0.6) is 0 Å². The Kier molecular flexibility index (Phi) is 4.34. The molecule has 0 bridgehead atoms. The summed E-state index contributed by atoms with van der Waals surface area (Å²) >= 11 is 1.38. The third-order valence-corrected chi connectivity index (χ3v) is 4.08. The molecule has 0 aliphatic heterocycles. The number of amides is 1. The monoisotopic (exact) mass is 342 g/mol. The fraction of sp³-hybridized carbons (Fsp3) is 0.133. The van der Waals surface area contributed by atoms with Crippen molar-refractivity contribution in [2.45, 2.75) is 13.8 Å². The summed E-state index contributed by atoms with van der Waals surface area (Å²) in [5, 5.41) is 9.79. The topological polar surface area (TPSA) is 113 Å². The second-order valence-electron chi connectivity index (χ2n) is 5.07. The summed E-state index contributed by atoms with van der Waals surface area (Å²) in [6.07, 6.45) is 0. The molecule has 2 heterocycles. The van der Waals surface area contributed by atoms with E-state index in [1.807, 2.05) is 31.2 Å². The summed E-state index contributed by atoms with van der Waals surface area (Å²) in [5.41, 5.74) is 7.17. The molecule has 0 atom stereocenters. The number of carbonyl (C=O) groups is 1. The van der Waals surface area contributed by atoms with E-state index in [0.29, 0.717) is 0 Å². The number of carbonyl (C=O) groups excluding carboxylic acids is 1. The van der Waals surface area contributed by atoms with Crippen molar-refractivity contribution in [1.82, 2.24) is 25.6 Å². The highest BCUT2D eigenvalue weighted by Crippen LogP contribution is 2.23. The van der Waals surface area contributed by atoms with E-state index in [9.17, 15) is 9.59 Å². The summed E-state index contributed by atoms with van der Waals surface area (Å²) in [4.78, 5) is 30.3. The molecule has 0 aliphatic rings. The van der Waals surface area contributed by atoms with E-state index in [4.69, 9.17) is 0 Å². The van der Waals surface area contributed by atoms with Gasteiger partial charge in [-0.3, -0.25) is 25.4 Å². The molecule has 2 aromatic heterocycles. The average molecular weight is 342 g/mol. The normalized spacial score (nSPS) is 10.4. The van der Waals surface area contributed by atoms with Gasteiger partial charge in [-0.1, -0.05) is 29.8 Å². The second kappa shape index (κ2) is 6.59. The summed E-state index contributed by atoms with van der Waals surface area (Å²) in [6, 6.07) is 7.90. The summed E-state index contributed by atoms with van der Waals surface area (Å²) in [5.74, 6) is -0.388. The lowest BCUT2D eigenvalue weighted by molar-refractivity contribution is 0.0958. The molecule has 0 radical (unpaired) electrons. The van der Waals surface area contributed by atoms with Gasteiger partial charge in [0.15, 0.2) is 0 Å². The molecule has 0 fully saturated rings. The Morgan fingerprint density at radius 2 is 1.92 bits per heavy atom. The molecule has 0 saturated carbocycles. The van der Waals surface area contributed by atoms with Gasteiger partial charge in [0, 0.05) is 10.9 Å². The number of nitrogens with one attached hydrogen (secondary N) is 3. The summed E-state index contributed by atoms with van der Waals surface area (Å²) < 4.78 is 0. The highest BCUT2D eigenvalue weighted by atomic mass is 32.1. The maximum Gasteiger partial charge on any atom is 0.289 e. The molecular weight excluding hydrogens is 328 g/mol. The van der Waals surface area contributed by atoms with Gasteiger partial charge in [0.05, 0.1) is 0 Å². The standard InChI is InChI=1S/C15H14N6O2S/c1-8-3-5-10(6-4-8)14-16-11(7-24-14)13(23)19-21-15-17-12(22)9(2)18-20-15/h3-7H,1-2H3,(H,19,23)(H2,17,20,21,22). The van der Waals surface area contributed by atoms with Gasteiger partial charge in [0.25, 0.3) is 11.5 Å². The van der Waals surface area contributed by atoms with Crippen LogP contribution in [0.2, 0.25) is 0 Å². The third-order valence-electron chi connectivity index (χ3n) is 3.19. The molecule has 1 amide bonds. The van der Waals surface area contributed by atoms with Crippen LogP contribution in [0.1, 0.15) is 21.7 Å². The van der Waals surface area contributed by atoms with E-state index in [2.05, 4.69) is 31.0 Å². The number of anilines is 1. The molecule has 8 nitrogen and oxygen atoms in total. The Hall–Kier alpha value is -3.07. The molecule has 3 rings (SSSR count). The van der Waals surface area contributed by atoms with Crippen molar-refractivity contribution in [3.8, 4) is 10.6 Å². The maximum absolute atomic E-state index is 12.1. The van der Waals surface area contributed by atoms with Crippen molar-refractivity contribution in [2.75, 3.05) is 5.43 Å². The number of hydrogen-bond acceptors (Lipinski definition) is 7. The number of thiazole rings is 1. The van der Waals surface area contributed by atoms with Crippen LogP contribution in [-0.4, -0.2) is 26.1 Å². The van der Waals surface area contributed by atoms with Crippen LogP contribution < -0.4 is 16.4 Å². The minimum atomic E-state index is -0.437. The number of aromatic amines is 1. The van der Waals surface area contributed by atoms with Crippen LogP contribution in [0.3, 0.4) is 0 Å². The summed E-state index contributed by atoms with van der Waals surface area (Å²) in [7, 11) is 0. The van der Waals surface area contributed by atoms with Gasteiger partial charge in [-0.05, 0) is 13.8 Å².